The Bertz CT molecular complexity index is 685. The van der Waals surface area contributed by atoms with Gasteiger partial charge in [0.25, 0.3) is 5.91 Å². The van der Waals surface area contributed by atoms with Crippen LogP contribution < -0.4 is 25.4 Å². The van der Waals surface area contributed by atoms with E-state index >= 15 is 0 Å². The van der Waals surface area contributed by atoms with E-state index in [1.165, 1.54) is 0 Å². The highest BCUT2D eigenvalue weighted by Gasteiger charge is 2.31. The zero-order chi connectivity index (χ0) is 17.1. The minimum atomic E-state index is -0.358. The maximum Gasteiger partial charge on any atom is 0.251 e. The van der Waals surface area contributed by atoms with Crippen LogP contribution >= 0.6 is 12.2 Å². The molecule has 0 spiro atoms. The molecule has 1 atom stereocenters. The van der Waals surface area contributed by atoms with E-state index < -0.39 is 0 Å². The van der Waals surface area contributed by atoms with E-state index in [4.69, 9.17) is 21.7 Å². The van der Waals surface area contributed by atoms with Gasteiger partial charge in [0.1, 0.15) is 0 Å². The van der Waals surface area contributed by atoms with Gasteiger partial charge in [0.15, 0.2) is 16.6 Å². The summed E-state index contributed by atoms with van der Waals surface area (Å²) in [6, 6.07) is 3.40. The van der Waals surface area contributed by atoms with Crippen LogP contribution in [-0.2, 0) is 4.79 Å². The summed E-state index contributed by atoms with van der Waals surface area (Å²) in [6.45, 7) is 3.79. The Morgan fingerprint density at radius 2 is 1.83 bits per heavy atom. The Kier molecular flexibility index (Phi) is 5.10. The number of rotatable bonds is 4. The Balaban J connectivity index is 2.60. The normalized spacial score (nSPS) is 17.3. The zero-order valence-corrected chi connectivity index (χ0v) is 14.7. The number of methoxy groups -OCH3 is 2. The van der Waals surface area contributed by atoms with Crippen molar-refractivity contribution >= 4 is 23.2 Å². The summed E-state index contributed by atoms with van der Waals surface area (Å²) < 4.78 is 10.7. The van der Waals surface area contributed by atoms with Crippen LogP contribution in [0.25, 0.3) is 0 Å². The van der Waals surface area contributed by atoms with Crippen molar-refractivity contribution in [1.82, 2.24) is 16.0 Å². The molecule has 0 saturated carbocycles. The average Bonchev–Trinajstić information content (AvgIpc) is 2.53. The van der Waals surface area contributed by atoms with E-state index in [0.29, 0.717) is 22.2 Å². The van der Waals surface area contributed by atoms with Gasteiger partial charge in [-0.3, -0.25) is 4.79 Å². The third-order valence-electron chi connectivity index (χ3n) is 3.82. The first-order valence-corrected chi connectivity index (χ1v) is 7.56. The molecule has 0 saturated heterocycles. The number of carbonyl (C=O) groups excluding carboxylic acids is 1. The van der Waals surface area contributed by atoms with Crippen molar-refractivity contribution in [3.05, 3.63) is 34.5 Å². The molecule has 1 heterocycles. The molecule has 7 heteroatoms. The number of nitrogens with one attached hydrogen (secondary N) is 3. The van der Waals surface area contributed by atoms with Crippen LogP contribution in [0.15, 0.2) is 23.4 Å². The summed E-state index contributed by atoms with van der Waals surface area (Å²) >= 11 is 5.24. The third kappa shape index (κ3) is 3.24. The van der Waals surface area contributed by atoms with Gasteiger partial charge in [0, 0.05) is 12.7 Å². The van der Waals surface area contributed by atoms with Gasteiger partial charge in [-0.1, -0.05) is 0 Å². The first-order valence-electron chi connectivity index (χ1n) is 7.15. The van der Waals surface area contributed by atoms with E-state index in [1.807, 2.05) is 26.0 Å². The summed E-state index contributed by atoms with van der Waals surface area (Å²) in [6.07, 6.45) is 0. The Morgan fingerprint density at radius 3 is 2.39 bits per heavy atom. The molecule has 0 radical (unpaired) electrons. The highest BCUT2D eigenvalue weighted by atomic mass is 32.1. The largest absolute Gasteiger partial charge is 0.493 e. The number of carbonyl (C=O) groups is 1. The lowest BCUT2D eigenvalue weighted by atomic mass is 9.91. The molecular weight excluding hydrogens is 314 g/mol. The van der Waals surface area contributed by atoms with Crippen molar-refractivity contribution in [3.8, 4) is 11.5 Å². The number of benzene rings is 1. The maximum absolute atomic E-state index is 12.3. The molecule has 0 aromatic heterocycles. The Labute approximate surface area is 141 Å². The molecule has 0 bridgehead atoms. The van der Waals surface area contributed by atoms with E-state index in [2.05, 4.69) is 16.0 Å². The number of aryl methyl sites for hydroxylation is 1. The van der Waals surface area contributed by atoms with Gasteiger partial charge in [0.05, 0.1) is 25.8 Å². The second-order valence-electron chi connectivity index (χ2n) is 5.21. The molecule has 0 fully saturated rings. The highest BCUT2D eigenvalue weighted by molar-refractivity contribution is 7.80. The van der Waals surface area contributed by atoms with Crippen LogP contribution in [0.4, 0.5) is 0 Å². The third-order valence-corrected chi connectivity index (χ3v) is 4.04. The highest BCUT2D eigenvalue weighted by Crippen LogP contribution is 2.36. The zero-order valence-electron chi connectivity index (χ0n) is 13.9. The predicted octanol–water partition coefficient (Wildman–Crippen LogP) is 1.55. The average molecular weight is 335 g/mol. The molecule has 1 aliphatic heterocycles. The number of likely N-dealkylation sites (N-methyl/N-ethyl adjacent to an activating group) is 1. The number of allylic oxidation sites excluding steroid dienone is 1. The summed E-state index contributed by atoms with van der Waals surface area (Å²) in [4.78, 5) is 12.3. The van der Waals surface area contributed by atoms with Gasteiger partial charge >= 0.3 is 0 Å². The molecule has 3 N–H and O–H groups in total. The van der Waals surface area contributed by atoms with Crippen molar-refractivity contribution in [3.63, 3.8) is 0 Å². The fourth-order valence-corrected chi connectivity index (χ4v) is 2.94. The molecule has 2 rings (SSSR count). The van der Waals surface area contributed by atoms with Crippen molar-refractivity contribution in [1.29, 1.82) is 0 Å². The molecule has 23 heavy (non-hydrogen) atoms. The van der Waals surface area contributed by atoms with Crippen molar-refractivity contribution in [2.75, 3.05) is 21.3 Å². The van der Waals surface area contributed by atoms with Gasteiger partial charge in [-0.15, -0.1) is 0 Å². The second kappa shape index (κ2) is 6.87. The molecular formula is C16H21N3O3S. The van der Waals surface area contributed by atoms with Crippen LogP contribution in [0, 0.1) is 6.92 Å². The van der Waals surface area contributed by atoms with Gasteiger partial charge in [0.2, 0.25) is 0 Å². The van der Waals surface area contributed by atoms with Crippen LogP contribution in [0.3, 0.4) is 0 Å². The van der Waals surface area contributed by atoms with Crippen molar-refractivity contribution < 1.29 is 14.3 Å². The molecule has 1 aromatic carbocycles. The summed E-state index contributed by atoms with van der Waals surface area (Å²) in [5, 5.41) is 9.32. The van der Waals surface area contributed by atoms with Crippen molar-refractivity contribution in [2.45, 2.75) is 19.9 Å². The SMILES string of the molecule is CNC(=O)C1=C(C)NC(=S)NC1c1cc(OC)c(OC)cc1C. The number of hydrogen-bond acceptors (Lipinski definition) is 4. The quantitative estimate of drug-likeness (QED) is 0.725. The minimum absolute atomic E-state index is 0.163. The lowest BCUT2D eigenvalue weighted by molar-refractivity contribution is -0.117. The summed E-state index contributed by atoms with van der Waals surface area (Å²) in [5.41, 5.74) is 3.20. The number of hydrogen-bond donors (Lipinski definition) is 3. The molecule has 0 aliphatic carbocycles. The molecule has 1 unspecified atom stereocenters. The minimum Gasteiger partial charge on any atom is -0.493 e. The molecule has 6 nitrogen and oxygen atoms in total. The molecule has 1 aromatic rings. The van der Waals surface area contributed by atoms with Gasteiger partial charge in [-0.25, -0.2) is 0 Å². The Hall–Kier alpha value is -2.28. The fraction of sp³-hybridized carbons (Fsp3) is 0.375. The van der Waals surface area contributed by atoms with Crippen LogP contribution in [0.5, 0.6) is 11.5 Å². The van der Waals surface area contributed by atoms with E-state index in [-0.39, 0.29) is 11.9 Å². The van der Waals surface area contributed by atoms with Crippen molar-refractivity contribution in [2.24, 2.45) is 0 Å². The predicted molar refractivity (Wildman–Crippen MR) is 92.7 cm³/mol. The van der Waals surface area contributed by atoms with E-state index in [9.17, 15) is 4.79 Å². The smallest absolute Gasteiger partial charge is 0.251 e. The van der Waals surface area contributed by atoms with Gasteiger partial charge in [-0.2, -0.15) is 0 Å². The lowest BCUT2D eigenvalue weighted by Crippen LogP contribution is -2.46. The van der Waals surface area contributed by atoms with E-state index in [0.717, 1.165) is 16.8 Å². The molecule has 1 aliphatic rings. The summed E-state index contributed by atoms with van der Waals surface area (Å²) in [5.74, 6) is 1.09. The first kappa shape index (κ1) is 17.1. The monoisotopic (exact) mass is 335 g/mol. The number of ether oxygens (including phenoxy) is 2. The van der Waals surface area contributed by atoms with Crippen LogP contribution in [-0.4, -0.2) is 32.3 Å². The maximum atomic E-state index is 12.3. The standard InChI is InChI=1S/C16H21N3O3S/c1-8-6-11(21-4)12(22-5)7-10(8)14-13(15(20)17-3)9(2)18-16(23)19-14/h6-7,14H,1-5H3,(H,17,20)(H2,18,19,23). The van der Waals surface area contributed by atoms with Gasteiger partial charge < -0.3 is 25.4 Å². The topological polar surface area (TPSA) is 71.6 Å². The van der Waals surface area contributed by atoms with Gasteiger partial charge in [-0.05, 0) is 49.3 Å². The number of thiocarbonyl (C=S) groups is 1. The molecule has 124 valence electrons. The Morgan fingerprint density at radius 1 is 1.22 bits per heavy atom. The molecule has 1 amide bonds. The fourth-order valence-electron chi connectivity index (χ4n) is 2.67. The van der Waals surface area contributed by atoms with Crippen LogP contribution in [0.2, 0.25) is 0 Å². The van der Waals surface area contributed by atoms with Crippen LogP contribution in [0.1, 0.15) is 24.1 Å². The van der Waals surface area contributed by atoms with E-state index in [1.54, 1.807) is 21.3 Å². The first-order chi connectivity index (χ1) is 10.9. The second-order valence-corrected chi connectivity index (χ2v) is 5.62. The number of amides is 1. The lowest BCUT2D eigenvalue weighted by Gasteiger charge is -2.31. The summed E-state index contributed by atoms with van der Waals surface area (Å²) in [7, 11) is 4.78.